The third kappa shape index (κ3) is 8.72. The number of rotatable bonds is 10. The monoisotopic (exact) mass is 487 g/mol. The van der Waals surface area contributed by atoms with Crippen LogP contribution in [-0.4, -0.2) is 18.8 Å². The minimum absolute atomic E-state index is 0.0414. The minimum Gasteiger partial charge on any atom is -0.520 e. The van der Waals surface area contributed by atoms with E-state index in [1.807, 2.05) is 0 Å². The van der Waals surface area contributed by atoms with E-state index in [9.17, 15) is 0 Å². The minimum atomic E-state index is -1.90. The van der Waals surface area contributed by atoms with E-state index in [0.717, 1.165) is 6.54 Å². The Morgan fingerprint density at radius 2 is 1.29 bits per heavy atom. The Balaban J connectivity index is 2.14. The summed E-state index contributed by atoms with van der Waals surface area (Å²) in [5, 5.41) is 0. The van der Waals surface area contributed by atoms with Crippen molar-refractivity contribution in [2.24, 2.45) is 0 Å². The largest absolute Gasteiger partial charge is 0.520 e. The highest BCUT2D eigenvalue weighted by molar-refractivity contribution is 6.70. The van der Waals surface area contributed by atoms with Crippen molar-refractivity contribution in [3.05, 3.63) is 120 Å². The fourth-order valence-corrected chi connectivity index (χ4v) is 4.76. The van der Waals surface area contributed by atoms with Crippen molar-refractivity contribution in [1.29, 1.82) is 0 Å². The van der Waals surface area contributed by atoms with Crippen LogP contribution >= 0.6 is 0 Å². The van der Waals surface area contributed by atoms with Gasteiger partial charge in [0.25, 0.3) is 5.95 Å². The van der Waals surface area contributed by atoms with Crippen LogP contribution in [0.2, 0.25) is 19.6 Å². The first-order valence-corrected chi connectivity index (χ1v) is 15.9. The molecule has 0 saturated heterocycles. The Hall–Kier alpha value is -2.82. The highest BCUT2D eigenvalue weighted by Gasteiger charge is 2.29. The molecule has 0 spiro atoms. The standard InChI is InChI=1S/C31H41NO2Si/c1-25(27-19-13-9-14-20-27)32(24-26-17-11-8-12-18-26)29(28-21-15-10-16-22-28)23-30(33-31(2,3)4)34-35(5,6)7/h8-23,25,29H,24H2,1-7H3/b30-23+/t25-,29+/m1/s1. The molecule has 3 rings (SSSR count). The summed E-state index contributed by atoms with van der Waals surface area (Å²) in [6.45, 7) is 15.9. The molecule has 0 amide bonds. The molecule has 0 heterocycles. The molecule has 0 aromatic heterocycles. The lowest BCUT2D eigenvalue weighted by atomic mass is 9.98. The van der Waals surface area contributed by atoms with Crippen LogP contribution in [0.4, 0.5) is 0 Å². The smallest absolute Gasteiger partial charge is 0.263 e. The summed E-state index contributed by atoms with van der Waals surface area (Å²) in [6, 6.07) is 32.2. The molecular formula is C31H41NO2Si. The van der Waals surface area contributed by atoms with Gasteiger partial charge in [-0.05, 0) is 64.0 Å². The number of nitrogens with zero attached hydrogens (tertiary/aromatic N) is 1. The summed E-state index contributed by atoms with van der Waals surface area (Å²) in [4.78, 5) is 2.53. The second-order valence-corrected chi connectivity index (χ2v) is 15.4. The van der Waals surface area contributed by atoms with Gasteiger partial charge in [0.2, 0.25) is 8.32 Å². The summed E-state index contributed by atoms with van der Waals surface area (Å²) in [5.74, 6) is 0.615. The fourth-order valence-electron chi connectivity index (χ4n) is 4.05. The van der Waals surface area contributed by atoms with Gasteiger partial charge in [0.05, 0.1) is 6.04 Å². The molecule has 3 aromatic rings. The lowest BCUT2D eigenvalue weighted by molar-refractivity contribution is -0.0115. The molecule has 0 N–H and O–H groups in total. The molecule has 0 radical (unpaired) electrons. The molecular weight excluding hydrogens is 446 g/mol. The van der Waals surface area contributed by atoms with Crippen molar-refractivity contribution in [2.75, 3.05) is 0 Å². The highest BCUT2D eigenvalue weighted by atomic mass is 28.4. The van der Waals surface area contributed by atoms with Crippen LogP contribution in [0.15, 0.2) is 103 Å². The van der Waals surface area contributed by atoms with E-state index in [2.05, 4.69) is 149 Å². The van der Waals surface area contributed by atoms with Gasteiger partial charge in [-0.1, -0.05) is 91.0 Å². The Morgan fingerprint density at radius 1 is 0.800 bits per heavy atom. The maximum atomic E-state index is 6.50. The van der Waals surface area contributed by atoms with E-state index in [0.29, 0.717) is 5.95 Å². The van der Waals surface area contributed by atoms with Crippen LogP contribution in [0.3, 0.4) is 0 Å². The second-order valence-electron chi connectivity index (χ2n) is 11.0. The third-order valence-corrected chi connectivity index (χ3v) is 6.41. The van der Waals surface area contributed by atoms with Crippen molar-refractivity contribution < 1.29 is 9.16 Å². The molecule has 0 aliphatic carbocycles. The molecule has 3 aromatic carbocycles. The van der Waals surface area contributed by atoms with Crippen LogP contribution in [0.1, 0.15) is 56.5 Å². The van der Waals surface area contributed by atoms with Crippen LogP contribution in [-0.2, 0) is 15.7 Å². The Labute approximate surface area is 213 Å². The van der Waals surface area contributed by atoms with Gasteiger partial charge < -0.3 is 9.16 Å². The topological polar surface area (TPSA) is 21.7 Å². The molecule has 0 saturated carbocycles. The Kier molecular flexibility index (Phi) is 8.98. The van der Waals surface area contributed by atoms with Gasteiger partial charge in [-0.2, -0.15) is 0 Å². The first kappa shape index (κ1) is 26.8. The average molecular weight is 488 g/mol. The zero-order valence-corrected chi connectivity index (χ0v) is 23.4. The predicted molar refractivity (Wildman–Crippen MR) is 149 cm³/mol. The van der Waals surface area contributed by atoms with Crippen molar-refractivity contribution in [3.63, 3.8) is 0 Å². The number of ether oxygens (including phenoxy) is 1. The van der Waals surface area contributed by atoms with E-state index >= 15 is 0 Å². The summed E-state index contributed by atoms with van der Waals surface area (Å²) < 4.78 is 12.9. The molecule has 0 aliphatic rings. The second kappa shape index (κ2) is 11.7. The number of hydrogen-bond donors (Lipinski definition) is 0. The van der Waals surface area contributed by atoms with Crippen molar-refractivity contribution >= 4 is 8.32 Å². The number of benzene rings is 3. The summed E-state index contributed by atoms with van der Waals surface area (Å²) in [7, 11) is -1.90. The molecule has 2 atom stereocenters. The highest BCUT2D eigenvalue weighted by Crippen LogP contribution is 2.35. The van der Waals surface area contributed by atoms with Gasteiger partial charge in [0.15, 0.2) is 0 Å². The molecule has 35 heavy (non-hydrogen) atoms. The van der Waals surface area contributed by atoms with E-state index in [-0.39, 0.29) is 17.7 Å². The normalized spacial score (nSPS) is 14.5. The van der Waals surface area contributed by atoms with E-state index < -0.39 is 8.32 Å². The van der Waals surface area contributed by atoms with Crippen molar-refractivity contribution in [1.82, 2.24) is 4.90 Å². The van der Waals surface area contributed by atoms with Crippen molar-refractivity contribution in [2.45, 2.75) is 71.6 Å². The van der Waals surface area contributed by atoms with Crippen LogP contribution < -0.4 is 0 Å². The first-order chi connectivity index (χ1) is 16.5. The van der Waals surface area contributed by atoms with Crippen LogP contribution in [0.25, 0.3) is 0 Å². The van der Waals surface area contributed by atoms with Crippen LogP contribution in [0.5, 0.6) is 0 Å². The van der Waals surface area contributed by atoms with Gasteiger partial charge in [-0.25, -0.2) is 0 Å². The molecule has 3 nitrogen and oxygen atoms in total. The zero-order valence-electron chi connectivity index (χ0n) is 22.4. The number of hydrogen-bond acceptors (Lipinski definition) is 3. The van der Waals surface area contributed by atoms with E-state index in [1.54, 1.807) is 0 Å². The van der Waals surface area contributed by atoms with Crippen molar-refractivity contribution in [3.8, 4) is 0 Å². The Bertz CT molecular complexity index is 1040. The molecule has 0 unspecified atom stereocenters. The maximum Gasteiger partial charge on any atom is 0.263 e. The summed E-state index contributed by atoms with van der Waals surface area (Å²) in [5.41, 5.74) is 3.40. The fraction of sp³-hybridized carbons (Fsp3) is 0.355. The quantitative estimate of drug-likeness (QED) is 0.211. The van der Waals surface area contributed by atoms with Gasteiger partial charge in [0.1, 0.15) is 5.60 Å². The summed E-state index contributed by atoms with van der Waals surface area (Å²) in [6.07, 6.45) is 2.18. The maximum absolute atomic E-state index is 6.50. The van der Waals surface area contributed by atoms with Gasteiger partial charge in [-0.3, -0.25) is 4.90 Å². The predicted octanol–water partition coefficient (Wildman–Crippen LogP) is 8.50. The van der Waals surface area contributed by atoms with Gasteiger partial charge in [0, 0.05) is 18.7 Å². The molecule has 0 aliphatic heterocycles. The Morgan fingerprint density at radius 3 is 1.77 bits per heavy atom. The summed E-state index contributed by atoms with van der Waals surface area (Å²) >= 11 is 0. The molecule has 0 bridgehead atoms. The first-order valence-electron chi connectivity index (χ1n) is 12.5. The zero-order chi connectivity index (χ0) is 25.5. The van der Waals surface area contributed by atoms with Gasteiger partial charge >= 0.3 is 0 Å². The van der Waals surface area contributed by atoms with E-state index in [1.165, 1.54) is 16.7 Å². The lowest BCUT2D eigenvalue weighted by Crippen LogP contribution is -2.33. The lowest BCUT2D eigenvalue weighted by Gasteiger charge is -2.37. The SMILES string of the molecule is C[C@H](c1ccccc1)N(Cc1ccccc1)[C@@H](/C=C(\OC(C)(C)C)O[Si](C)(C)C)c1ccccc1. The third-order valence-electron chi connectivity index (χ3n) is 5.59. The molecule has 186 valence electrons. The average Bonchev–Trinajstić information content (AvgIpc) is 2.80. The van der Waals surface area contributed by atoms with Crippen LogP contribution in [0, 0.1) is 0 Å². The van der Waals surface area contributed by atoms with Gasteiger partial charge in [-0.15, -0.1) is 0 Å². The molecule has 0 fully saturated rings. The molecule has 4 heteroatoms. The van der Waals surface area contributed by atoms with E-state index in [4.69, 9.17) is 9.16 Å².